The Hall–Kier alpha value is -7.38. The number of thiophene rings is 2. The molecule has 0 aliphatic heterocycles. The second-order valence-electron chi connectivity index (χ2n) is 20.7. The normalized spacial score (nSPS) is 12.1. The smallest absolute Gasteiger partial charge is 0.0804 e. The average Bonchev–Trinajstić information content (AvgIpc) is 4.20. The van der Waals surface area contributed by atoms with Crippen LogP contribution >= 0.6 is 22.7 Å². The zero-order valence-electron chi connectivity index (χ0n) is 42.4. The minimum absolute atomic E-state index is 0.461. The van der Waals surface area contributed by atoms with Gasteiger partial charge in [0.25, 0.3) is 0 Å². The predicted octanol–water partition coefficient (Wildman–Crippen LogP) is 20.6. The lowest BCUT2D eigenvalue weighted by Crippen LogP contribution is -2.10. The molecule has 0 saturated heterocycles. The number of benzene rings is 8. The quantitative estimate of drug-likeness (QED) is 0.121. The molecular weight excluding hydrogens is 913 g/mol. The standard InChI is InChI=1S/C66H60N4S2/c1-41(2)45-9-17-51(18-10-45)67(52-19-11-46(12-20-52)42(3)4)55-25-29-57(30-26-55)69-61-37-49-33-35-71-63(49)39-59(61)66-65(69)60-40-64-50(34-36-72-64)38-62(60)70(66)58-31-27-56(28-32-58)68(53-21-13-47(14-22-53)43(5)6)54-23-15-48(16-24-54)44(7)8/h9-44H,1-8H3. The van der Waals surface area contributed by atoms with E-state index in [-0.39, 0.29) is 0 Å². The molecule has 4 nitrogen and oxygen atoms in total. The molecule has 0 unspecified atom stereocenters. The summed E-state index contributed by atoms with van der Waals surface area (Å²) in [6.45, 7) is 18.1. The van der Waals surface area contributed by atoms with Crippen LogP contribution < -0.4 is 9.80 Å². The SMILES string of the molecule is CC(C)c1ccc(N(c2ccc(C(C)C)cc2)c2ccc(-n3c4cc5ccsc5cc4c4c3c3cc5sccc5cc3n4-c3ccc(N(c4ccc(C(C)C)cc4)c4ccc(C(C)C)cc4)cc3)cc2)cc1. The zero-order chi connectivity index (χ0) is 49.4. The van der Waals surface area contributed by atoms with Crippen LogP contribution in [0.3, 0.4) is 0 Å². The van der Waals surface area contributed by atoms with Crippen molar-refractivity contribution in [3.05, 3.63) is 215 Å². The van der Waals surface area contributed by atoms with Crippen molar-refractivity contribution in [2.24, 2.45) is 0 Å². The highest BCUT2D eigenvalue weighted by Gasteiger charge is 2.25. The van der Waals surface area contributed by atoms with Gasteiger partial charge in [0.05, 0.1) is 22.1 Å². The van der Waals surface area contributed by atoms with E-state index in [0.29, 0.717) is 23.7 Å². The summed E-state index contributed by atoms with van der Waals surface area (Å²) < 4.78 is 7.63. The van der Waals surface area contributed by atoms with Gasteiger partial charge in [-0.25, -0.2) is 0 Å². The first-order chi connectivity index (χ1) is 35.0. The van der Waals surface area contributed by atoms with Gasteiger partial charge in [0.2, 0.25) is 0 Å². The monoisotopic (exact) mass is 972 g/mol. The van der Waals surface area contributed by atoms with Crippen molar-refractivity contribution in [1.29, 1.82) is 0 Å². The fourth-order valence-electron chi connectivity index (χ4n) is 10.7. The maximum atomic E-state index is 2.53. The number of rotatable bonds is 12. The maximum Gasteiger partial charge on any atom is 0.0804 e. The molecule has 0 fully saturated rings. The van der Waals surface area contributed by atoms with Gasteiger partial charge >= 0.3 is 0 Å². The highest BCUT2D eigenvalue weighted by Crippen LogP contribution is 2.46. The fourth-order valence-corrected chi connectivity index (χ4v) is 12.3. The number of fused-ring (bicyclic) bond motifs is 7. The molecule has 4 heterocycles. The van der Waals surface area contributed by atoms with Crippen LogP contribution in [0.5, 0.6) is 0 Å². The summed E-state index contributed by atoms with van der Waals surface area (Å²) >= 11 is 3.62. The Morgan fingerprint density at radius 2 is 0.583 bits per heavy atom. The van der Waals surface area contributed by atoms with E-state index in [2.05, 4.69) is 267 Å². The summed E-state index contributed by atoms with van der Waals surface area (Å²) in [5.74, 6) is 1.85. The Bertz CT molecular complexity index is 3520. The van der Waals surface area contributed by atoms with Crippen molar-refractivity contribution in [2.45, 2.75) is 79.1 Å². The van der Waals surface area contributed by atoms with E-state index in [9.17, 15) is 0 Å². The molecule has 6 heteroatoms. The van der Waals surface area contributed by atoms with Crippen LogP contribution in [0, 0.1) is 0 Å². The van der Waals surface area contributed by atoms with E-state index in [4.69, 9.17) is 0 Å². The molecule has 0 aliphatic rings. The molecule has 0 bridgehead atoms. The molecule has 12 aromatic rings. The molecular formula is C66H60N4S2. The molecule has 0 N–H and O–H groups in total. The van der Waals surface area contributed by atoms with E-state index >= 15 is 0 Å². The Balaban J connectivity index is 1.04. The zero-order valence-corrected chi connectivity index (χ0v) is 44.0. The molecule has 8 aromatic carbocycles. The van der Waals surface area contributed by atoms with Crippen molar-refractivity contribution in [3.8, 4) is 11.4 Å². The van der Waals surface area contributed by atoms with E-state index in [1.54, 1.807) is 0 Å². The Morgan fingerprint density at radius 1 is 0.319 bits per heavy atom. The van der Waals surface area contributed by atoms with Crippen molar-refractivity contribution in [2.75, 3.05) is 9.80 Å². The number of hydrogen-bond acceptors (Lipinski definition) is 4. The van der Waals surface area contributed by atoms with Crippen LogP contribution in [0.4, 0.5) is 34.1 Å². The van der Waals surface area contributed by atoms with Crippen molar-refractivity contribution >= 4 is 110 Å². The van der Waals surface area contributed by atoms with Gasteiger partial charge in [-0.2, -0.15) is 0 Å². The van der Waals surface area contributed by atoms with Gasteiger partial charge in [0.15, 0.2) is 0 Å². The molecule has 0 saturated carbocycles. The van der Waals surface area contributed by atoms with Crippen LogP contribution in [0.15, 0.2) is 193 Å². The van der Waals surface area contributed by atoms with Crippen molar-refractivity contribution < 1.29 is 0 Å². The van der Waals surface area contributed by atoms with Gasteiger partial charge < -0.3 is 18.9 Å². The third kappa shape index (κ3) is 7.98. The Labute approximate surface area is 431 Å². The Kier molecular flexibility index (Phi) is 11.7. The molecule has 4 aromatic heterocycles. The summed E-state index contributed by atoms with van der Waals surface area (Å²) in [5, 5.41) is 9.43. The number of nitrogens with zero attached hydrogens (tertiary/aromatic N) is 4. The fraction of sp³-hybridized carbons (Fsp3) is 0.182. The first-order valence-electron chi connectivity index (χ1n) is 25.6. The summed E-state index contributed by atoms with van der Waals surface area (Å²) in [6.07, 6.45) is 0. The third-order valence-corrected chi connectivity index (χ3v) is 16.6. The topological polar surface area (TPSA) is 16.3 Å². The highest BCUT2D eigenvalue weighted by molar-refractivity contribution is 7.17. The Morgan fingerprint density at radius 3 is 0.847 bits per heavy atom. The molecule has 0 aliphatic carbocycles. The van der Waals surface area contributed by atoms with Gasteiger partial charge in [-0.3, -0.25) is 0 Å². The predicted molar refractivity (Wildman–Crippen MR) is 314 cm³/mol. The third-order valence-electron chi connectivity index (χ3n) is 14.8. The van der Waals surface area contributed by atoms with E-state index in [1.165, 1.54) is 75.3 Å². The second-order valence-corrected chi connectivity index (χ2v) is 22.6. The number of hydrogen-bond donors (Lipinski definition) is 0. The summed E-state index contributed by atoms with van der Waals surface area (Å²) in [7, 11) is 0. The first kappa shape index (κ1) is 45.7. The van der Waals surface area contributed by atoms with Crippen LogP contribution in [0.1, 0.15) is 101 Å². The van der Waals surface area contributed by atoms with Gasteiger partial charge in [-0.1, -0.05) is 104 Å². The largest absolute Gasteiger partial charge is 0.311 e. The lowest BCUT2D eigenvalue weighted by Gasteiger charge is -2.26. The summed E-state index contributed by atoms with van der Waals surface area (Å²) in [4.78, 5) is 4.78. The lowest BCUT2D eigenvalue weighted by atomic mass is 10.0. The van der Waals surface area contributed by atoms with Gasteiger partial charge in [0.1, 0.15) is 0 Å². The van der Waals surface area contributed by atoms with E-state index in [1.807, 2.05) is 22.7 Å². The van der Waals surface area contributed by atoms with E-state index < -0.39 is 0 Å². The molecule has 12 rings (SSSR count). The molecule has 72 heavy (non-hydrogen) atoms. The minimum Gasteiger partial charge on any atom is -0.311 e. The van der Waals surface area contributed by atoms with Crippen LogP contribution in [0.2, 0.25) is 0 Å². The number of anilines is 6. The number of aromatic nitrogens is 2. The highest BCUT2D eigenvalue weighted by atomic mass is 32.1. The van der Waals surface area contributed by atoms with Crippen LogP contribution in [-0.2, 0) is 0 Å². The maximum absolute atomic E-state index is 2.53. The van der Waals surface area contributed by atoms with Gasteiger partial charge in [0, 0.05) is 65.7 Å². The van der Waals surface area contributed by atoms with Gasteiger partial charge in [-0.05, 0) is 201 Å². The summed E-state index contributed by atoms with van der Waals surface area (Å²) in [6, 6.07) is 69.1. The minimum atomic E-state index is 0.461. The summed E-state index contributed by atoms with van der Waals surface area (Å²) in [5.41, 5.74) is 19.2. The molecule has 0 amide bonds. The molecule has 0 radical (unpaired) electrons. The molecule has 0 atom stereocenters. The second kappa shape index (κ2) is 18.3. The van der Waals surface area contributed by atoms with Crippen LogP contribution in [-0.4, -0.2) is 9.13 Å². The van der Waals surface area contributed by atoms with E-state index in [0.717, 1.165) is 45.5 Å². The molecule has 356 valence electrons. The van der Waals surface area contributed by atoms with Crippen LogP contribution in [0.25, 0.3) is 64.4 Å². The van der Waals surface area contributed by atoms with Gasteiger partial charge in [-0.15, -0.1) is 22.7 Å². The first-order valence-corrected chi connectivity index (χ1v) is 27.3. The lowest BCUT2D eigenvalue weighted by molar-refractivity contribution is 0.866. The molecule has 0 spiro atoms. The van der Waals surface area contributed by atoms with Crippen molar-refractivity contribution in [3.63, 3.8) is 0 Å². The van der Waals surface area contributed by atoms with Crippen molar-refractivity contribution in [1.82, 2.24) is 9.13 Å². The average molecular weight is 973 g/mol.